The zero-order valence-corrected chi connectivity index (χ0v) is 19.0. The van der Waals surface area contributed by atoms with Crippen LogP contribution in [0.1, 0.15) is 16.1 Å². The van der Waals surface area contributed by atoms with E-state index in [0.717, 1.165) is 37.1 Å². The maximum Gasteiger partial charge on any atom is 0.275 e. The summed E-state index contributed by atoms with van der Waals surface area (Å²) in [5, 5.41) is 8.02. The van der Waals surface area contributed by atoms with E-state index < -0.39 is 0 Å². The second-order valence-corrected chi connectivity index (χ2v) is 8.89. The van der Waals surface area contributed by atoms with Crippen molar-refractivity contribution >= 4 is 28.4 Å². The van der Waals surface area contributed by atoms with Crippen LogP contribution in [-0.4, -0.2) is 95.6 Å². The van der Waals surface area contributed by atoms with Gasteiger partial charge in [0, 0.05) is 63.4 Å². The minimum atomic E-state index is -0.0503. The summed E-state index contributed by atoms with van der Waals surface area (Å²) in [6.07, 6.45) is 0. The molecule has 0 saturated carbocycles. The van der Waals surface area contributed by atoms with Gasteiger partial charge in [-0.15, -0.1) is 0 Å². The summed E-state index contributed by atoms with van der Waals surface area (Å²) in [6.45, 7) is 8.33. The molecule has 8 nitrogen and oxygen atoms in total. The molecule has 172 valence electrons. The molecule has 1 aromatic heterocycles. The summed E-state index contributed by atoms with van der Waals surface area (Å²) in [7, 11) is 0. The predicted octanol–water partition coefficient (Wildman–Crippen LogP) is 1.98. The molecule has 3 aromatic rings. The number of hydrogen-bond acceptors (Lipinski definition) is 5. The molecule has 5 rings (SSSR count). The SMILES string of the molecule is Cc1cccc(N2CCN(C(=O)CN3CCN(C(=O)c4n[nH]c5ccccc45)CC3)CC2)c1. The highest BCUT2D eigenvalue weighted by molar-refractivity contribution is 6.04. The quantitative estimate of drug-likeness (QED) is 0.663. The van der Waals surface area contributed by atoms with E-state index in [2.05, 4.69) is 51.2 Å². The van der Waals surface area contributed by atoms with Gasteiger partial charge < -0.3 is 14.7 Å². The average molecular weight is 447 g/mol. The highest BCUT2D eigenvalue weighted by atomic mass is 16.2. The first-order valence-electron chi connectivity index (χ1n) is 11.6. The third-order valence-corrected chi connectivity index (χ3v) is 6.69. The number of nitrogens with zero attached hydrogens (tertiary/aromatic N) is 5. The van der Waals surface area contributed by atoms with E-state index in [1.54, 1.807) is 0 Å². The number of hydrogen-bond donors (Lipinski definition) is 1. The number of para-hydroxylation sites is 1. The highest BCUT2D eigenvalue weighted by Crippen LogP contribution is 2.19. The number of benzene rings is 2. The Morgan fingerprint density at radius 2 is 1.61 bits per heavy atom. The van der Waals surface area contributed by atoms with E-state index >= 15 is 0 Å². The fraction of sp³-hybridized carbons (Fsp3) is 0.400. The summed E-state index contributed by atoms with van der Waals surface area (Å²) in [5.74, 6) is 0.127. The molecule has 0 bridgehead atoms. The van der Waals surface area contributed by atoms with Crippen molar-refractivity contribution in [3.05, 3.63) is 59.8 Å². The first-order chi connectivity index (χ1) is 16.1. The van der Waals surface area contributed by atoms with Crippen molar-refractivity contribution < 1.29 is 9.59 Å². The number of H-pyrrole nitrogens is 1. The number of anilines is 1. The van der Waals surface area contributed by atoms with E-state index in [1.165, 1.54) is 11.3 Å². The van der Waals surface area contributed by atoms with Gasteiger partial charge in [0.1, 0.15) is 0 Å². The Bertz CT molecular complexity index is 1140. The van der Waals surface area contributed by atoms with Gasteiger partial charge in [-0.25, -0.2) is 0 Å². The van der Waals surface area contributed by atoms with Crippen LogP contribution in [0.4, 0.5) is 5.69 Å². The van der Waals surface area contributed by atoms with E-state index in [1.807, 2.05) is 34.1 Å². The lowest BCUT2D eigenvalue weighted by atomic mass is 10.2. The molecule has 0 spiro atoms. The molecule has 3 heterocycles. The Morgan fingerprint density at radius 3 is 2.36 bits per heavy atom. The fourth-order valence-corrected chi connectivity index (χ4v) is 4.72. The van der Waals surface area contributed by atoms with Gasteiger partial charge in [-0.2, -0.15) is 5.10 Å². The van der Waals surface area contributed by atoms with E-state index in [4.69, 9.17) is 0 Å². The lowest BCUT2D eigenvalue weighted by Gasteiger charge is -2.38. The van der Waals surface area contributed by atoms with Crippen LogP contribution in [0.25, 0.3) is 10.9 Å². The van der Waals surface area contributed by atoms with Gasteiger partial charge in [0.25, 0.3) is 5.91 Å². The minimum absolute atomic E-state index is 0.0503. The molecule has 0 radical (unpaired) electrons. The molecule has 2 amide bonds. The second kappa shape index (κ2) is 9.23. The first kappa shape index (κ1) is 21.5. The van der Waals surface area contributed by atoms with Crippen molar-refractivity contribution in [2.75, 3.05) is 63.8 Å². The van der Waals surface area contributed by atoms with Gasteiger partial charge in [-0.3, -0.25) is 19.6 Å². The number of amides is 2. The Morgan fingerprint density at radius 1 is 0.879 bits per heavy atom. The van der Waals surface area contributed by atoms with Crippen LogP contribution in [0.15, 0.2) is 48.5 Å². The van der Waals surface area contributed by atoms with E-state index in [9.17, 15) is 9.59 Å². The lowest BCUT2D eigenvalue weighted by molar-refractivity contribution is -0.133. The second-order valence-electron chi connectivity index (χ2n) is 8.89. The van der Waals surface area contributed by atoms with Crippen LogP contribution in [0.5, 0.6) is 0 Å². The molecule has 2 saturated heterocycles. The number of aromatic nitrogens is 2. The van der Waals surface area contributed by atoms with Crippen LogP contribution in [0.3, 0.4) is 0 Å². The number of fused-ring (bicyclic) bond motifs is 1. The van der Waals surface area contributed by atoms with Crippen LogP contribution >= 0.6 is 0 Å². The number of nitrogens with one attached hydrogen (secondary N) is 1. The Hall–Kier alpha value is -3.39. The molecule has 0 aliphatic carbocycles. The van der Waals surface area contributed by atoms with Gasteiger partial charge in [-0.1, -0.05) is 30.3 Å². The number of carbonyl (C=O) groups excluding carboxylic acids is 2. The summed E-state index contributed by atoms with van der Waals surface area (Å²) in [4.78, 5) is 34.2. The van der Waals surface area contributed by atoms with E-state index in [-0.39, 0.29) is 11.8 Å². The van der Waals surface area contributed by atoms with Crippen LogP contribution in [0, 0.1) is 6.92 Å². The molecule has 2 aliphatic rings. The Balaban J connectivity index is 1.10. The summed E-state index contributed by atoms with van der Waals surface area (Å²) in [5.41, 5.74) is 3.82. The van der Waals surface area contributed by atoms with Gasteiger partial charge in [-0.05, 0) is 30.7 Å². The standard InChI is InChI=1S/C25H30N6O2/c1-19-5-4-6-20(17-19)29-13-15-30(16-14-29)23(32)18-28-9-11-31(12-10-28)25(33)24-21-7-2-3-8-22(21)26-27-24/h2-8,17H,9-16,18H2,1H3,(H,26,27). The number of aryl methyl sites for hydroxylation is 1. The summed E-state index contributed by atoms with van der Waals surface area (Å²) < 4.78 is 0. The molecule has 2 aromatic carbocycles. The van der Waals surface area contributed by atoms with Crippen molar-refractivity contribution in [3.63, 3.8) is 0 Å². The normalized spacial score (nSPS) is 17.5. The van der Waals surface area contributed by atoms with Crippen molar-refractivity contribution in [3.8, 4) is 0 Å². The van der Waals surface area contributed by atoms with Gasteiger partial charge in [0.05, 0.1) is 12.1 Å². The van der Waals surface area contributed by atoms with E-state index in [0.29, 0.717) is 38.4 Å². The molecule has 0 atom stereocenters. The van der Waals surface area contributed by atoms with Crippen LogP contribution in [0.2, 0.25) is 0 Å². The Labute approximate surface area is 193 Å². The highest BCUT2D eigenvalue weighted by Gasteiger charge is 2.28. The first-order valence-corrected chi connectivity index (χ1v) is 11.6. The maximum atomic E-state index is 13.0. The Kier molecular flexibility index (Phi) is 6.00. The molecule has 8 heteroatoms. The number of aromatic amines is 1. The molecular weight excluding hydrogens is 416 g/mol. The molecule has 2 aliphatic heterocycles. The van der Waals surface area contributed by atoms with Gasteiger partial charge in [0.2, 0.25) is 5.91 Å². The minimum Gasteiger partial charge on any atom is -0.368 e. The predicted molar refractivity (Wildman–Crippen MR) is 128 cm³/mol. The van der Waals surface area contributed by atoms with Crippen LogP contribution < -0.4 is 4.90 Å². The number of carbonyl (C=O) groups is 2. The monoisotopic (exact) mass is 446 g/mol. The third-order valence-electron chi connectivity index (χ3n) is 6.69. The molecular formula is C25H30N6O2. The largest absolute Gasteiger partial charge is 0.368 e. The maximum absolute atomic E-state index is 13.0. The van der Waals surface area contributed by atoms with Crippen molar-refractivity contribution in [2.45, 2.75) is 6.92 Å². The topological polar surface area (TPSA) is 75.8 Å². The van der Waals surface area contributed by atoms with Crippen LogP contribution in [-0.2, 0) is 4.79 Å². The lowest BCUT2D eigenvalue weighted by Crippen LogP contribution is -2.54. The molecule has 2 fully saturated rings. The van der Waals surface area contributed by atoms with Crippen molar-refractivity contribution in [1.29, 1.82) is 0 Å². The number of rotatable bonds is 4. The molecule has 0 unspecified atom stereocenters. The zero-order valence-electron chi connectivity index (χ0n) is 19.0. The third kappa shape index (κ3) is 4.57. The number of piperazine rings is 2. The average Bonchev–Trinajstić information content (AvgIpc) is 3.28. The summed E-state index contributed by atoms with van der Waals surface area (Å²) >= 11 is 0. The zero-order chi connectivity index (χ0) is 22.8. The summed E-state index contributed by atoms with van der Waals surface area (Å²) in [6, 6.07) is 16.2. The fourth-order valence-electron chi connectivity index (χ4n) is 4.72. The van der Waals surface area contributed by atoms with Gasteiger partial charge >= 0.3 is 0 Å². The van der Waals surface area contributed by atoms with Crippen molar-refractivity contribution in [1.82, 2.24) is 24.9 Å². The molecule has 33 heavy (non-hydrogen) atoms. The molecule has 1 N–H and O–H groups in total. The smallest absolute Gasteiger partial charge is 0.275 e. The van der Waals surface area contributed by atoms with Gasteiger partial charge in [0.15, 0.2) is 5.69 Å². The van der Waals surface area contributed by atoms with Crippen molar-refractivity contribution in [2.24, 2.45) is 0 Å².